The number of hydrogen-bond acceptors (Lipinski definition) is 4. The van der Waals surface area contributed by atoms with E-state index in [0.29, 0.717) is 6.42 Å². The molecular weight excluding hydrogens is 196 g/mol. The molecule has 4 heteroatoms. The van der Waals surface area contributed by atoms with Gasteiger partial charge in [0.15, 0.2) is 5.78 Å². The zero-order valence-corrected chi connectivity index (χ0v) is 9.43. The Morgan fingerprint density at radius 2 is 2.43 bits per heavy atom. The lowest BCUT2D eigenvalue weighted by molar-refractivity contribution is -0.123. The minimum absolute atomic E-state index is 0.101. The third-order valence-electron chi connectivity index (χ3n) is 2.22. The van der Waals surface area contributed by atoms with Gasteiger partial charge in [0.1, 0.15) is 0 Å². The van der Waals surface area contributed by atoms with Crippen LogP contribution in [-0.2, 0) is 11.2 Å². The molecule has 0 aliphatic heterocycles. The van der Waals surface area contributed by atoms with Crippen LogP contribution in [0.4, 0.5) is 0 Å². The zero-order chi connectivity index (χ0) is 10.6. The van der Waals surface area contributed by atoms with E-state index in [1.165, 1.54) is 11.3 Å². The SMILES string of the molecule is CCCC(C)(N)C(=O)Cc1cncs1. The van der Waals surface area contributed by atoms with E-state index in [2.05, 4.69) is 4.98 Å². The summed E-state index contributed by atoms with van der Waals surface area (Å²) in [4.78, 5) is 16.7. The molecule has 2 N–H and O–H groups in total. The average Bonchev–Trinajstić information content (AvgIpc) is 2.56. The molecule has 1 aromatic rings. The molecule has 0 saturated carbocycles. The van der Waals surface area contributed by atoms with Crippen molar-refractivity contribution in [3.63, 3.8) is 0 Å². The first-order valence-electron chi connectivity index (χ1n) is 4.76. The maximum atomic E-state index is 11.8. The fourth-order valence-electron chi connectivity index (χ4n) is 1.35. The molecule has 0 radical (unpaired) electrons. The number of carbonyl (C=O) groups excluding carboxylic acids is 1. The highest BCUT2D eigenvalue weighted by molar-refractivity contribution is 7.09. The van der Waals surface area contributed by atoms with Gasteiger partial charge in [-0.3, -0.25) is 9.78 Å². The number of aromatic nitrogens is 1. The monoisotopic (exact) mass is 212 g/mol. The highest BCUT2D eigenvalue weighted by Gasteiger charge is 2.26. The number of hydrogen-bond donors (Lipinski definition) is 1. The van der Waals surface area contributed by atoms with Gasteiger partial charge in [-0.2, -0.15) is 0 Å². The van der Waals surface area contributed by atoms with Crippen LogP contribution in [0, 0.1) is 0 Å². The topological polar surface area (TPSA) is 56.0 Å². The molecule has 0 fully saturated rings. The van der Waals surface area contributed by atoms with Gasteiger partial charge in [-0.25, -0.2) is 0 Å². The maximum absolute atomic E-state index is 11.8. The standard InChI is InChI=1S/C10H16N2OS/c1-3-4-10(2,11)9(13)5-8-6-12-7-14-8/h6-7H,3-5,11H2,1-2H3. The second-order valence-corrected chi connectivity index (χ2v) is 4.71. The Morgan fingerprint density at radius 3 is 2.93 bits per heavy atom. The predicted octanol–water partition coefficient (Wildman–Crippen LogP) is 1.77. The van der Waals surface area contributed by atoms with E-state index >= 15 is 0 Å². The number of ketones is 1. The molecule has 1 unspecified atom stereocenters. The van der Waals surface area contributed by atoms with Crippen molar-refractivity contribution in [3.05, 3.63) is 16.6 Å². The van der Waals surface area contributed by atoms with Crippen LogP contribution in [0.5, 0.6) is 0 Å². The number of nitrogens with two attached hydrogens (primary N) is 1. The van der Waals surface area contributed by atoms with Crippen molar-refractivity contribution in [2.24, 2.45) is 5.73 Å². The Balaban J connectivity index is 2.57. The van der Waals surface area contributed by atoms with Gasteiger partial charge >= 0.3 is 0 Å². The van der Waals surface area contributed by atoms with Crippen LogP contribution < -0.4 is 5.73 Å². The minimum atomic E-state index is -0.682. The summed E-state index contributed by atoms with van der Waals surface area (Å²) in [5.41, 5.74) is 6.97. The van der Waals surface area contributed by atoms with E-state index in [4.69, 9.17) is 5.73 Å². The van der Waals surface area contributed by atoms with E-state index in [-0.39, 0.29) is 5.78 Å². The van der Waals surface area contributed by atoms with E-state index in [9.17, 15) is 4.79 Å². The smallest absolute Gasteiger partial charge is 0.157 e. The Bertz CT molecular complexity index is 293. The Kier molecular flexibility index (Phi) is 3.77. The number of thiazole rings is 1. The predicted molar refractivity (Wildman–Crippen MR) is 58.3 cm³/mol. The molecule has 0 spiro atoms. The molecule has 1 heterocycles. The van der Waals surface area contributed by atoms with E-state index in [1.54, 1.807) is 18.6 Å². The number of rotatable bonds is 5. The summed E-state index contributed by atoms with van der Waals surface area (Å²) in [5.74, 6) is 0.101. The van der Waals surface area contributed by atoms with Crippen LogP contribution in [0.2, 0.25) is 0 Å². The lowest BCUT2D eigenvalue weighted by Crippen LogP contribution is -2.45. The summed E-state index contributed by atoms with van der Waals surface area (Å²) >= 11 is 1.50. The molecule has 1 rings (SSSR count). The van der Waals surface area contributed by atoms with Gasteiger partial charge in [0.05, 0.1) is 11.0 Å². The molecule has 0 aliphatic rings. The lowest BCUT2D eigenvalue weighted by atomic mass is 9.90. The van der Waals surface area contributed by atoms with Gasteiger partial charge in [0, 0.05) is 17.5 Å². The van der Waals surface area contributed by atoms with Crippen molar-refractivity contribution in [2.45, 2.75) is 38.6 Å². The fraction of sp³-hybridized carbons (Fsp3) is 0.600. The van der Waals surface area contributed by atoms with E-state index < -0.39 is 5.54 Å². The first-order chi connectivity index (χ1) is 6.56. The van der Waals surface area contributed by atoms with Crippen LogP contribution in [0.1, 0.15) is 31.6 Å². The molecule has 78 valence electrons. The van der Waals surface area contributed by atoms with E-state index in [0.717, 1.165) is 17.7 Å². The summed E-state index contributed by atoms with van der Waals surface area (Å²) in [5, 5.41) is 0. The molecular formula is C10H16N2OS. The maximum Gasteiger partial charge on any atom is 0.157 e. The fourth-order valence-corrected chi connectivity index (χ4v) is 1.94. The van der Waals surface area contributed by atoms with Crippen molar-refractivity contribution in [3.8, 4) is 0 Å². The van der Waals surface area contributed by atoms with Crippen molar-refractivity contribution < 1.29 is 4.79 Å². The van der Waals surface area contributed by atoms with Gasteiger partial charge in [-0.05, 0) is 13.3 Å². The number of carbonyl (C=O) groups is 1. The third-order valence-corrected chi connectivity index (χ3v) is 3.00. The molecule has 14 heavy (non-hydrogen) atoms. The quantitative estimate of drug-likeness (QED) is 0.809. The lowest BCUT2D eigenvalue weighted by Gasteiger charge is -2.21. The van der Waals surface area contributed by atoms with Crippen molar-refractivity contribution in [1.29, 1.82) is 0 Å². The van der Waals surface area contributed by atoms with Crippen molar-refractivity contribution in [2.75, 3.05) is 0 Å². The van der Waals surface area contributed by atoms with Crippen LogP contribution in [0.25, 0.3) is 0 Å². The van der Waals surface area contributed by atoms with Gasteiger partial charge < -0.3 is 5.73 Å². The molecule has 1 aromatic heterocycles. The first kappa shape index (κ1) is 11.3. The molecule has 0 aliphatic carbocycles. The van der Waals surface area contributed by atoms with Crippen LogP contribution in [0.15, 0.2) is 11.7 Å². The largest absolute Gasteiger partial charge is 0.319 e. The molecule has 1 atom stereocenters. The zero-order valence-electron chi connectivity index (χ0n) is 8.62. The Labute approximate surface area is 88.3 Å². The average molecular weight is 212 g/mol. The van der Waals surface area contributed by atoms with E-state index in [1.807, 2.05) is 6.92 Å². The molecule has 0 aromatic carbocycles. The minimum Gasteiger partial charge on any atom is -0.319 e. The van der Waals surface area contributed by atoms with Gasteiger partial charge in [0.25, 0.3) is 0 Å². The van der Waals surface area contributed by atoms with Crippen LogP contribution in [-0.4, -0.2) is 16.3 Å². The third kappa shape index (κ3) is 2.89. The Hall–Kier alpha value is -0.740. The van der Waals surface area contributed by atoms with Crippen LogP contribution in [0.3, 0.4) is 0 Å². The second-order valence-electron chi connectivity index (χ2n) is 3.74. The summed E-state index contributed by atoms with van der Waals surface area (Å²) in [6.45, 7) is 3.84. The van der Waals surface area contributed by atoms with Gasteiger partial charge in [-0.15, -0.1) is 11.3 Å². The molecule has 3 nitrogen and oxygen atoms in total. The first-order valence-corrected chi connectivity index (χ1v) is 5.64. The van der Waals surface area contributed by atoms with Gasteiger partial charge in [0.2, 0.25) is 0 Å². The molecule has 0 bridgehead atoms. The van der Waals surface area contributed by atoms with Gasteiger partial charge in [-0.1, -0.05) is 13.3 Å². The van der Waals surface area contributed by atoms with Crippen LogP contribution >= 0.6 is 11.3 Å². The summed E-state index contributed by atoms with van der Waals surface area (Å²) in [6.07, 6.45) is 3.81. The number of Topliss-reactive ketones (excluding diaryl/α,β-unsaturated/α-hetero) is 1. The summed E-state index contributed by atoms with van der Waals surface area (Å²) in [6, 6.07) is 0. The highest BCUT2D eigenvalue weighted by atomic mass is 32.1. The summed E-state index contributed by atoms with van der Waals surface area (Å²) < 4.78 is 0. The normalized spacial score (nSPS) is 15.1. The highest BCUT2D eigenvalue weighted by Crippen LogP contribution is 2.15. The second kappa shape index (κ2) is 4.66. The molecule has 0 saturated heterocycles. The van der Waals surface area contributed by atoms with Crippen molar-refractivity contribution >= 4 is 17.1 Å². The molecule has 0 amide bonds. The Morgan fingerprint density at radius 1 is 1.71 bits per heavy atom. The summed E-state index contributed by atoms with van der Waals surface area (Å²) in [7, 11) is 0. The number of nitrogens with zero attached hydrogens (tertiary/aromatic N) is 1. The van der Waals surface area contributed by atoms with Crippen molar-refractivity contribution in [1.82, 2.24) is 4.98 Å².